The summed E-state index contributed by atoms with van der Waals surface area (Å²) in [6, 6.07) is 8.05. The highest BCUT2D eigenvalue weighted by molar-refractivity contribution is 5.83. The molecule has 2 atom stereocenters. The van der Waals surface area contributed by atoms with Crippen molar-refractivity contribution >= 4 is 12.0 Å². The summed E-state index contributed by atoms with van der Waals surface area (Å²) in [4.78, 5) is 14.8. The van der Waals surface area contributed by atoms with Gasteiger partial charge in [0, 0.05) is 38.4 Å². The Kier molecular flexibility index (Phi) is 5.33. The van der Waals surface area contributed by atoms with Gasteiger partial charge >= 0.3 is 0 Å². The summed E-state index contributed by atoms with van der Waals surface area (Å²) in [7, 11) is 0. The summed E-state index contributed by atoms with van der Waals surface area (Å²) in [6.45, 7) is 7.84. The average molecular weight is 344 g/mol. The predicted molar refractivity (Wildman–Crippen MR) is 96.4 cm³/mol. The van der Waals surface area contributed by atoms with E-state index in [0.29, 0.717) is 30.9 Å². The van der Waals surface area contributed by atoms with Crippen molar-refractivity contribution in [2.75, 3.05) is 32.8 Å². The molecule has 7 heteroatoms. The summed E-state index contributed by atoms with van der Waals surface area (Å²) in [5.74, 6) is 1.26. The summed E-state index contributed by atoms with van der Waals surface area (Å²) in [6.07, 6.45) is 3.87. The van der Waals surface area contributed by atoms with Gasteiger partial charge in [-0.3, -0.25) is 0 Å². The molecule has 3 rings (SSSR count). The molecule has 0 saturated carbocycles. The van der Waals surface area contributed by atoms with Crippen molar-refractivity contribution in [2.24, 2.45) is 16.9 Å². The predicted octanol–water partition coefficient (Wildman–Crippen LogP) is 2.41. The second kappa shape index (κ2) is 7.65. The van der Waals surface area contributed by atoms with Gasteiger partial charge in [-0.2, -0.15) is 0 Å². The van der Waals surface area contributed by atoms with E-state index >= 15 is 0 Å². The summed E-state index contributed by atoms with van der Waals surface area (Å²) < 4.78 is 5.51. The third kappa shape index (κ3) is 4.17. The van der Waals surface area contributed by atoms with Crippen LogP contribution in [0.1, 0.15) is 18.1 Å². The number of guanidine groups is 1. The van der Waals surface area contributed by atoms with E-state index in [-0.39, 0.29) is 0 Å². The van der Waals surface area contributed by atoms with Gasteiger partial charge in [-0.05, 0) is 30.0 Å². The molecule has 2 unspecified atom stereocenters. The van der Waals surface area contributed by atoms with E-state index in [1.165, 1.54) is 5.56 Å². The first-order chi connectivity index (χ1) is 12.0. The Morgan fingerprint density at radius 3 is 2.84 bits per heavy atom. The molecule has 134 valence electrons. The Bertz CT molecular complexity index is 689. The lowest BCUT2D eigenvalue weighted by Gasteiger charge is -2.23. The first-order valence-corrected chi connectivity index (χ1v) is 8.60. The van der Waals surface area contributed by atoms with Crippen molar-refractivity contribution in [3.8, 4) is 0 Å². The highest BCUT2D eigenvalue weighted by Gasteiger charge is 2.33. The zero-order chi connectivity index (χ0) is 17.8. The standard InChI is InChI=1S/C18H24N4O3/c1-14-5-3-4-6-16(14)7-8-20-9-10-21(18(20)19-22(23)24)11-17-13-25-12-15(17)2/h3-8,15,17H,9-13H2,1-2H3. The van der Waals surface area contributed by atoms with Crippen LogP contribution in [0.2, 0.25) is 0 Å². The Morgan fingerprint density at radius 2 is 2.16 bits per heavy atom. The molecule has 0 N–H and O–H groups in total. The fourth-order valence-electron chi connectivity index (χ4n) is 3.28. The first kappa shape index (κ1) is 17.4. The minimum atomic E-state index is -0.614. The van der Waals surface area contributed by atoms with Gasteiger partial charge in [-0.25, -0.2) is 10.1 Å². The zero-order valence-corrected chi connectivity index (χ0v) is 14.7. The number of nitrogens with zero attached hydrogens (tertiary/aromatic N) is 4. The smallest absolute Gasteiger partial charge is 0.278 e. The van der Waals surface area contributed by atoms with Gasteiger partial charge in [0.2, 0.25) is 0 Å². The molecular formula is C18H24N4O3. The topological polar surface area (TPSA) is 71.2 Å². The molecular weight excluding hydrogens is 320 g/mol. The summed E-state index contributed by atoms with van der Waals surface area (Å²) in [5, 5.41) is 14.0. The highest BCUT2D eigenvalue weighted by Crippen LogP contribution is 2.23. The molecule has 0 radical (unpaired) electrons. The van der Waals surface area contributed by atoms with Crippen LogP contribution in [0.4, 0.5) is 0 Å². The highest BCUT2D eigenvalue weighted by atomic mass is 16.7. The fourth-order valence-corrected chi connectivity index (χ4v) is 3.28. The van der Waals surface area contributed by atoms with Crippen LogP contribution in [-0.4, -0.2) is 53.6 Å². The summed E-state index contributed by atoms with van der Waals surface area (Å²) >= 11 is 0. The Labute approximate surface area is 147 Å². The van der Waals surface area contributed by atoms with E-state index in [1.54, 1.807) is 0 Å². The van der Waals surface area contributed by atoms with Gasteiger partial charge in [0.1, 0.15) is 5.10 Å². The quantitative estimate of drug-likeness (QED) is 0.606. The van der Waals surface area contributed by atoms with E-state index in [9.17, 15) is 10.1 Å². The molecule has 2 heterocycles. The van der Waals surface area contributed by atoms with E-state index in [1.807, 2.05) is 53.3 Å². The molecule has 2 aliphatic rings. The molecule has 0 spiro atoms. The van der Waals surface area contributed by atoms with Gasteiger partial charge in [0.15, 0.2) is 5.03 Å². The van der Waals surface area contributed by atoms with Crippen molar-refractivity contribution in [3.63, 3.8) is 0 Å². The molecule has 1 aromatic carbocycles. The van der Waals surface area contributed by atoms with E-state index < -0.39 is 5.03 Å². The molecule has 0 aromatic heterocycles. The second-order valence-electron chi connectivity index (χ2n) is 6.72. The van der Waals surface area contributed by atoms with Crippen molar-refractivity contribution in [2.45, 2.75) is 13.8 Å². The number of hydrogen-bond donors (Lipinski definition) is 0. The lowest BCUT2D eigenvalue weighted by atomic mass is 9.98. The molecule has 0 amide bonds. The monoisotopic (exact) mass is 344 g/mol. The minimum Gasteiger partial charge on any atom is -0.381 e. The third-order valence-corrected chi connectivity index (χ3v) is 4.92. The number of benzene rings is 1. The number of aryl methyl sites for hydroxylation is 1. The molecule has 2 aliphatic heterocycles. The van der Waals surface area contributed by atoms with Crippen LogP contribution in [0.25, 0.3) is 6.08 Å². The van der Waals surface area contributed by atoms with E-state index in [0.717, 1.165) is 25.3 Å². The van der Waals surface area contributed by atoms with Crippen molar-refractivity contribution in [1.29, 1.82) is 0 Å². The van der Waals surface area contributed by atoms with Crippen LogP contribution in [0.15, 0.2) is 35.6 Å². The second-order valence-corrected chi connectivity index (χ2v) is 6.72. The lowest BCUT2D eigenvalue weighted by molar-refractivity contribution is -0.486. The largest absolute Gasteiger partial charge is 0.381 e. The SMILES string of the molecule is Cc1ccccc1C=CN1CCN(CC2COCC2C)C1=N[N+](=O)[O-]. The average Bonchev–Trinajstić information content (AvgIpc) is 3.14. The van der Waals surface area contributed by atoms with Crippen LogP contribution in [0.5, 0.6) is 0 Å². The van der Waals surface area contributed by atoms with Gasteiger partial charge in [0.05, 0.1) is 6.61 Å². The van der Waals surface area contributed by atoms with Crippen LogP contribution < -0.4 is 0 Å². The first-order valence-electron chi connectivity index (χ1n) is 8.60. The number of rotatable bonds is 5. The van der Waals surface area contributed by atoms with Crippen LogP contribution >= 0.6 is 0 Å². The number of nitro groups is 1. The van der Waals surface area contributed by atoms with Crippen molar-refractivity contribution in [3.05, 3.63) is 51.7 Å². The van der Waals surface area contributed by atoms with Gasteiger partial charge < -0.3 is 14.5 Å². The van der Waals surface area contributed by atoms with E-state index in [2.05, 4.69) is 12.0 Å². The maximum atomic E-state index is 11.0. The maximum absolute atomic E-state index is 11.0. The van der Waals surface area contributed by atoms with Crippen LogP contribution in [0.3, 0.4) is 0 Å². The van der Waals surface area contributed by atoms with Gasteiger partial charge in [-0.1, -0.05) is 31.2 Å². The summed E-state index contributed by atoms with van der Waals surface area (Å²) in [5.41, 5.74) is 2.26. The number of hydrogen-bond acceptors (Lipinski definition) is 3. The fraction of sp³-hybridized carbons (Fsp3) is 0.500. The Morgan fingerprint density at radius 1 is 1.36 bits per heavy atom. The number of hydrazone groups is 1. The molecule has 0 aliphatic carbocycles. The van der Waals surface area contributed by atoms with Crippen molar-refractivity contribution in [1.82, 2.24) is 9.80 Å². The van der Waals surface area contributed by atoms with Crippen molar-refractivity contribution < 1.29 is 9.77 Å². The van der Waals surface area contributed by atoms with Crippen LogP contribution in [-0.2, 0) is 4.74 Å². The molecule has 2 saturated heterocycles. The molecule has 7 nitrogen and oxygen atoms in total. The Balaban J connectivity index is 1.75. The normalized spacial score (nSPS) is 25.4. The molecule has 1 aromatic rings. The van der Waals surface area contributed by atoms with Gasteiger partial charge in [-0.15, -0.1) is 0 Å². The molecule has 25 heavy (non-hydrogen) atoms. The molecule has 0 bridgehead atoms. The number of ether oxygens (including phenoxy) is 1. The van der Waals surface area contributed by atoms with Gasteiger partial charge in [0.25, 0.3) is 5.96 Å². The molecule has 2 fully saturated rings. The minimum absolute atomic E-state index is 0.386. The third-order valence-electron chi connectivity index (χ3n) is 4.92. The maximum Gasteiger partial charge on any atom is 0.278 e. The van der Waals surface area contributed by atoms with E-state index in [4.69, 9.17) is 4.74 Å². The van der Waals surface area contributed by atoms with Crippen LogP contribution in [0, 0.1) is 28.9 Å². The Hall–Kier alpha value is -2.41. The lowest BCUT2D eigenvalue weighted by Crippen LogP contribution is -2.37. The zero-order valence-electron chi connectivity index (χ0n) is 14.7.